The predicted molar refractivity (Wildman–Crippen MR) is 111 cm³/mol. The summed E-state index contributed by atoms with van der Waals surface area (Å²) in [6.45, 7) is 2.70. The van der Waals surface area contributed by atoms with Crippen molar-refractivity contribution in [1.82, 2.24) is 14.7 Å². The summed E-state index contributed by atoms with van der Waals surface area (Å²) in [5, 5.41) is 4.30. The van der Waals surface area contributed by atoms with Crippen LogP contribution in [-0.4, -0.2) is 46.3 Å². The van der Waals surface area contributed by atoms with Crippen LogP contribution < -0.4 is 4.74 Å². The summed E-state index contributed by atoms with van der Waals surface area (Å²) in [4.78, 5) is 27.3. The van der Waals surface area contributed by atoms with Crippen molar-refractivity contribution in [2.24, 2.45) is 0 Å². The maximum Gasteiger partial charge on any atom is 0.363 e. The highest BCUT2D eigenvalue weighted by Gasteiger charge is 2.29. The first-order chi connectivity index (χ1) is 14.6. The molecule has 0 spiro atoms. The van der Waals surface area contributed by atoms with E-state index >= 15 is 0 Å². The zero-order valence-corrected chi connectivity index (χ0v) is 16.9. The second-order valence-electron chi connectivity index (χ2n) is 7.15. The number of ether oxygens (including phenoxy) is 2. The number of amides is 1. The molecule has 0 fully saturated rings. The fourth-order valence-corrected chi connectivity index (χ4v) is 3.57. The number of carbonyl (C=O) groups excluding carboxylic acids is 2. The molecular weight excluding hydrogens is 382 g/mol. The summed E-state index contributed by atoms with van der Waals surface area (Å²) in [6, 6.07) is 17.4. The average Bonchev–Trinajstić information content (AvgIpc) is 3.23. The van der Waals surface area contributed by atoms with Gasteiger partial charge in [-0.1, -0.05) is 42.5 Å². The highest BCUT2D eigenvalue weighted by Crippen LogP contribution is 2.22. The van der Waals surface area contributed by atoms with Gasteiger partial charge in [0.05, 0.1) is 19.0 Å². The first-order valence-electron chi connectivity index (χ1n) is 9.82. The monoisotopic (exact) mass is 405 g/mol. The smallest absolute Gasteiger partial charge is 0.363 e. The molecule has 2 heterocycles. The third kappa shape index (κ3) is 3.91. The van der Waals surface area contributed by atoms with Gasteiger partial charge in [0.15, 0.2) is 11.9 Å². The molecule has 1 aromatic heterocycles. The number of esters is 1. The molecule has 1 amide bonds. The highest BCUT2D eigenvalue weighted by atomic mass is 16.6. The van der Waals surface area contributed by atoms with Crippen LogP contribution in [0.25, 0.3) is 5.69 Å². The molecule has 4 rings (SSSR count). The fraction of sp³-hybridized carbons (Fsp3) is 0.261. The molecule has 1 atom stereocenters. The number of rotatable bonds is 5. The molecule has 0 unspecified atom stereocenters. The van der Waals surface area contributed by atoms with Gasteiger partial charge in [-0.2, -0.15) is 5.10 Å². The van der Waals surface area contributed by atoms with Crippen molar-refractivity contribution in [2.75, 3.05) is 13.7 Å². The number of methoxy groups -OCH3 is 1. The Bertz CT molecular complexity index is 1060. The van der Waals surface area contributed by atoms with Gasteiger partial charge in [0.1, 0.15) is 0 Å². The zero-order chi connectivity index (χ0) is 21.1. The van der Waals surface area contributed by atoms with Crippen LogP contribution in [0.15, 0.2) is 60.8 Å². The Hall–Kier alpha value is -3.61. The van der Waals surface area contributed by atoms with E-state index in [4.69, 9.17) is 9.47 Å². The molecular formula is C23H23N3O4. The van der Waals surface area contributed by atoms with Gasteiger partial charge in [0.25, 0.3) is 5.91 Å². The minimum absolute atomic E-state index is 0.0324. The lowest BCUT2D eigenvalue weighted by atomic mass is 9.99. The van der Waals surface area contributed by atoms with Gasteiger partial charge in [-0.05, 0) is 36.6 Å². The Morgan fingerprint density at radius 2 is 1.73 bits per heavy atom. The highest BCUT2D eigenvalue weighted by molar-refractivity contribution is 5.93. The number of benzene rings is 2. The molecule has 7 heteroatoms. The van der Waals surface area contributed by atoms with E-state index in [-0.39, 0.29) is 17.4 Å². The molecule has 0 saturated heterocycles. The van der Waals surface area contributed by atoms with Crippen molar-refractivity contribution in [3.8, 4) is 11.4 Å². The van der Waals surface area contributed by atoms with Crippen LogP contribution in [0, 0.1) is 0 Å². The van der Waals surface area contributed by atoms with Gasteiger partial charge >= 0.3 is 5.97 Å². The normalized spacial score (nSPS) is 14.0. The minimum atomic E-state index is -0.922. The van der Waals surface area contributed by atoms with Crippen molar-refractivity contribution in [1.29, 1.82) is 0 Å². The number of nitrogens with zero attached hydrogens (tertiary/aromatic N) is 3. The Balaban J connectivity index is 1.46. The quantitative estimate of drug-likeness (QED) is 0.610. The summed E-state index contributed by atoms with van der Waals surface area (Å²) in [6.07, 6.45) is 1.48. The molecule has 0 saturated carbocycles. The second-order valence-corrected chi connectivity index (χ2v) is 7.15. The second kappa shape index (κ2) is 8.41. The van der Waals surface area contributed by atoms with E-state index in [1.165, 1.54) is 12.7 Å². The van der Waals surface area contributed by atoms with Crippen molar-refractivity contribution in [3.63, 3.8) is 0 Å². The molecule has 0 aliphatic carbocycles. The van der Waals surface area contributed by atoms with Gasteiger partial charge in [0, 0.05) is 13.1 Å². The topological polar surface area (TPSA) is 73.7 Å². The number of fused-ring (bicyclic) bond motifs is 1. The molecule has 1 aliphatic heterocycles. The van der Waals surface area contributed by atoms with E-state index in [9.17, 15) is 9.59 Å². The standard InChI is InChI=1S/C23H23N3O4/c1-16(22(27)25-13-12-17-8-6-7-9-18(17)14-25)30-23(28)21-20(29-2)15-26(24-21)19-10-4-3-5-11-19/h3-11,15-16H,12-14H2,1-2H3/t16-/m0/s1. The summed E-state index contributed by atoms with van der Waals surface area (Å²) in [5.41, 5.74) is 3.19. The summed E-state index contributed by atoms with van der Waals surface area (Å²) in [7, 11) is 1.46. The van der Waals surface area contributed by atoms with E-state index in [1.54, 1.807) is 22.7 Å². The van der Waals surface area contributed by atoms with Crippen LogP contribution >= 0.6 is 0 Å². The lowest BCUT2D eigenvalue weighted by molar-refractivity contribution is -0.140. The molecule has 1 aliphatic rings. The molecule has 3 aromatic rings. The van der Waals surface area contributed by atoms with Crippen LogP contribution in [0.3, 0.4) is 0 Å². The van der Waals surface area contributed by atoms with Crippen molar-refractivity contribution in [3.05, 3.63) is 77.6 Å². The van der Waals surface area contributed by atoms with E-state index in [0.29, 0.717) is 13.1 Å². The summed E-state index contributed by atoms with van der Waals surface area (Å²) < 4.78 is 12.3. The number of hydrogen-bond donors (Lipinski definition) is 0. The fourth-order valence-electron chi connectivity index (χ4n) is 3.57. The van der Waals surface area contributed by atoms with Crippen LogP contribution in [0.1, 0.15) is 28.5 Å². The van der Waals surface area contributed by atoms with E-state index in [2.05, 4.69) is 11.2 Å². The zero-order valence-electron chi connectivity index (χ0n) is 16.9. The Morgan fingerprint density at radius 1 is 1.03 bits per heavy atom. The Labute approximate surface area is 174 Å². The summed E-state index contributed by atoms with van der Waals surface area (Å²) in [5.74, 6) is -0.630. The molecule has 7 nitrogen and oxygen atoms in total. The molecule has 0 radical (unpaired) electrons. The third-order valence-electron chi connectivity index (χ3n) is 5.19. The summed E-state index contributed by atoms with van der Waals surface area (Å²) >= 11 is 0. The van der Waals surface area contributed by atoms with E-state index < -0.39 is 12.1 Å². The van der Waals surface area contributed by atoms with Crippen LogP contribution in [-0.2, 0) is 22.5 Å². The van der Waals surface area contributed by atoms with Gasteiger partial charge in [0.2, 0.25) is 5.69 Å². The third-order valence-corrected chi connectivity index (χ3v) is 5.19. The predicted octanol–water partition coefficient (Wildman–Crippen LogP) is 3.01. The number of aromatic nitrogens is 2. The molecule has 30 heavy (non-hydrogen) atoms. The van der Waals surface area contributed by atoms with Gasteiger partial charge < -0.3 is 14.4 Å². The molecule has 0 bridgehead atoms. The van der Waals surface area contributed by atoms with Crippen LogP contribution in [0.4, 0.5) is 0 Å². The van der Waals surface area contributed by atoms with Gasteiger partial charge in [-0.15, -0.1) is 0 Å². The van der Waals surface area contributed by atoms with E-state index in [0.717, 1.165) is 17.7 Å². The Morgan fingerprint density at radius 3 is 2.47 bits per heavy atom. The van der Waals surface area contributed by atoms with Gasteiger partial charge in [-0.25, -0.2) is 9.48 Å². The van der Waals surface area contributed by atoms with Crippen molar-refractivity contribution < 1.29 is 19.1 Å². The maximum atomic E-state index is 12.8. The number of hydrogen-bond acceptors (Lipinski definition) is 5. The van der Waals surface area contributed by atoms with Crippen LogP contribution in [0.5, 0.6) is 5.75 Å². The minimum Gasteiger partial charge on any atom is -0.493 e. The first kappa shape index (κ1) is 19.7. The molecule has 2 aromatic carbocycles. The molecule has 154 valence electrons. The average molecular weight is 405 g/mol. The lowest BCUT2D eigenvalue weighted by Crippen LogP contribution is -2.42. The number of para-hydroxylation sites is 1. The van der Waals surface area contributed by atoms with Crippen LogP contribution in [0.2, 0.25) is 0 Å². The number of carbonyl (C=O) groups is 2. The largest absolute Gasteiger partial charge is 0.493 e. The van der Waals surface area contributed by atoms with Crippen molar-refractivity contribution in [2.45, 2.75) is 26.0 Å². The first-order valence-corrected chi connectivity index (χ1v) is 9.82. The maximum absolute atomic E-state index is 12.8. The van der Waals surface area contributed by atoms with E-state index in [1.807, 2.05) is 48.5 Å². The SMILES string of the molecule is COc1cn(-c2ccccc2)nc1C(=O)O[C@@H](C)C(=O)N1CCc2ccccc2C1. The molecule has 0 N–H and O–H groups in total. The lowest BCUT2D eigenvalue weighted by Gasteiger charge is -2.30. The van der Waals surface area contributed by atoms with Gasteiger partial charge in [-0.3, -0.25) is 4.79 Å². The Kier molecular flexibility index (Phi) is 5.52. The van der Waals surface area contributed by atoms with Crippen molar-refractivity contribution >= 4 is 11.9 Å².